The Bertz CT molecular complexity index is 529. The van der Waals surface area contributed by atoms with Crippen LogP contribution in [0, 0.1) is 0 Å². The standard InChI is InChI=1S/C14H17NO3/c16-10-13-8-12-7-11(1-2-14(12)18-13)9-15-3-5-17-6-4-15/h1-2,7-8,16H,3-6,9-10H2. The Balaban J connectivity index is 1.79. The summed E-state index contributed by atoms with van der Waals surface area (Å²) in [6.07, 6.45) is 0. The van der Waals surface area contributed by atoms with Crippen LogP contribution in [-0.2, 0) is 17.9 Å². The lowest BCUT2D eigenvalue weighted by Crippen LogP contribution is -2.35. The van der Waals surface area contributed by atoms with Crippen molar-refractivity contribution in [2.45, 2.75) is 13.2 Å². The van der Waals surface area contributed by atoms with E-state index in [4.69, 9.17) is 14.3 Å². The highest BCUT2D eigenvalue weighted by atomic mass is 16.5. The van der Waals surface area contributed by atoms with Crippen molar-refractivity contribution in [3.8, 4) is 0 Å². The number of aliphatic hydroxyl groups is 1. The first-order valence-electron chi connectivity index (χ1n) is 6.27. The Morgan fingerprint density at radius 3 is 2.78 bits per heavy atom. The van der Waals surface area contributed by atoms with Crippen LogP contribution in [0.5, 0.6) is 0 Å². The summed E-state index contributed by atoms with van der Waals surface area (Å²) >= 11 is 0. The molecule has 0 bridgehead atoms. The smallest absolute Gasteiger partial charge is 0.134 e. The molecule has 4 nitrogen and oxygen atoms in total. The van der Waals surface area contributed by atoms with Crippen molar-refractivity contribution in [3.63, 3.8) is 0 Å². The third-order valence-electron chi connectivity index (χ3n) is 3.30. The van der Waals surface area contributed by atoms with E-state index in [1.54, 1.807) is 0 Å². The van der Waals surface area contributed by atoms with Crippen molar-refractivity contribution in [2.24, 2.45) is 0 Å². The maximum atomic E-state index is 9.05. The van der Waals surface area contributed by atoms with E-state index < -0.39 is 0 Å². The molecular weight excluding hydrogens is 230 g/mol. The number of morpholine rings is 1. The van der Waals surface area contributed by atoms with Gasteiger partial charge in [-0.25, -0.2) is 0 Å². The Morgan fingerprint density at radius 1 is 1.17 bits per heavy atom. The van der Waals surface area contributed by atoms with Gasteiger partial charge in [-0.1, -0.05) is 6.07 Å². The van der Waals surface area contributed by atoms with Crippen molar-refractivity contribution < 1.29 is 14.3 Å². The molecule has 0 aliphatic carbocycles. The summed E-state index contributed by atoms with van der Waals surface area (Å²) in [6, 6.07) is 8.10. The summed E-state index contributed by atoms with van der Waals surface area (Å²) in [5, 5.41) is 10.1. The second-order valence-electron chi connectivity index (χ2n) is 4.63. The predicted octanol–water partition coefficient (Wildman–Crippen LogP) is 1.76. The van der Waals surface area contributed by atoms with Gasteiger partial charge in [-0.05, 0) is 23.8 Å². The molecule has 1 N–H and O–H groups in total. The van der Waals surface area contributed by atoms with E-state index >= 15 is 0 Å². The second kappa shape index (κ2) is 5.10. The molecule has 1 aromatic carbocycles. The van der Waals surface area contributed by atoms with Crippen molar-refractivity contribution in [1.29, 1.82) is 0 Å². The minimum absolute atomic E-state index is 0.0481. The van der Waals surface area contributed by atoms with Crippen molar-refractivity contribution in [2.75, 3.05) is 26.3 Å². The first-order valence-corrected chi connectivity index (χ1v) is 6.27. The molecule has 0 unspecified atom stereocenters. The maximum absolute atomic E-state index is 9.05. The van der Waals surface area contributed by atoms with Gasteiger partial charge in [0.15, 0.2) is 0 Å². The number of benzene rings is 1. The van der Waals surface area contributed by atoms with E-state index in [0.717, 1.165) is 43.8 Å². The van der Waals surface area contributed by atoms with E-state index in [0.29, 0.717) is 5.76 Å². The van der Waals surface area contributed by atoms with E-state index in [-0.39, 0.29) is 6.61 Å². The van der Waals surface area contributed by atoms with Gasteiger partial charge in [-0.2, -0.15) is 0 Å². The number of ether oxygens (including phenoxy) is 1. The quantitative estimate of drug-likeness (QED) is 0.897. The van der Waals surface area contributed by atoms with E-state index in [1.165, 1.54) is 5.56 Å². The van der Waals surface area contributed by atoms with Crippen LogP contribution in [0.4, 0.5) is 0 Å². The van der Waals surface area contributed by atoms with Crippen LogP contribution < -0.4 is 0 Å². The highest BCUT2D eigenvalue weighted by Gasteiger charge is 2.11. The number of hydrogen-bond acceptors (Lipinski definition) is 4. The average Bonchev–Trinajstić information content (AvgIpc) is 2.82. The lowest BCUT2D eigenvalue weighted by molar-refractivity contribution is 0.0342. The van der Waals surface area contributed by atoms with Crippen LogP contribution in [0.1, 0.15) is 11.3 Å². The van der Waals surface area contributed by atoms with Gasteiger partial charge in [0.2, 0.25) is 0 Å². The molecule has 0 saturated carbocycles. The summed E-state index contributed by atoms with van der Waals surface area (Å²) in [7, 11) is 0. The monoisotopic (exact) mass is 247 g/mol. The number of aliphatic hydroxyl groups excluding tert-OH is 1. The molecule has 0 radical (unpaired) electrons. The maximum Gasteiger partial charge on any atom is 0.134 e. The van der Waals surface area contributed by atoms with Crippen LogP contribution in [0.25, 0.3) is 11.0 Å². The van der Waals surface area contributed by atoms with Crippen molar-refractivity contribution >= 4 is 11.0 Å². The van der Waals surface area contributed by atoms with Crippen LogP contribution in [0.15, 0.2) is 28.7 Å². The molecule has 0 atom stereocenters. The van der Waals surface area contributed by atoms with Crippen LogP contribution in [0.2, 0.25) is 0 Å². The van der Waals surface area contributed by atoms with Gasteiger partial charge in [0.05, 0.1) is 13.2 Å². The van der Waals surface area contributed by atoms with Crippen LogP contribution in [-0.4, -0.2) is 36.3 Å². The molecule has 2 aromatic rings. The van der Waals surface area contributed by atoms with Gasteiger partial charge in [0, 0.05) is 25.0 Å². The molecule has 0 spiro atoms. The van der Waals surface area contributed by atoms with Gasteiger partial charge in [0.1, 0.15) is 18.0 Å². The fourth-order valence-electron chi connectivity index (χ4n) is 2.34. The molecule has 0 amide bonds. The number of hydrogen-bond donors (Lipinski definition) is 1. The third kappa shape index (κ3) is 2.41. The molecule has 1 saturated heterocycles. The third-order valence-corrected chi connectivity index (χ3v) is 3.30. The topological polar surface area (TPSA) is 45.8 Å². The Kier molecular flexibility index (Phi) is 3.32. The molecule has 1 aromatic heterocycles. The zero-order valence-electron chi connectivity index (χ0n) is 10.3. The van der Waals surface area contributed by atoms with Crippen molar-refractivity contribution in [3.05, 3.63) is 35.6 Å². The first-order chi connectivity index (χ1) is 8.85. The molecule has 18 heavy (non-hydrogen) atoms. The predicted molar refractivity (Wildman–Crippen MR) is 68.2 cm³/mol. The van der Waals surface area contributed by atoms with Gasteiger partial charge in [-0.3, -0.25) is 4.90 Å². The summed E-state index contributed by atoms with van der Waals surface area (Å²) in [5.41, 5.74) is 2.11. The zero-order chi connectivity index (χ0) is 12.4. The van der Waals surface area contributed by atoms with Gasteiger partial charge in [-0.15, -0.1) is 0 Å². The lowest BCUT2D eigenvalue weighted by Gasteiger charge is -2.26. The van der Waals surface area contributed by atoms with Gasteiger partial charge < -0.3 is 14.3 Å². The highest BCUT2D eigenvalue weighted by Crippen LogP contribution is 2.21. The summed E-state index contributed by atoms with van der Waals surface area (Å²) in [6.45, 7) is 4.52. The van der Waals surface area contributed by atoms with Crippen LogP contribution >= 0.6 is 0 Å². The molecule has 1 aliphatic heterocycles. The minimum Gasteiger partial charge on any atom is -0.459 e. The number of fused-ring (bicyclic) bond motifs is 1. The van der Waals surface area contributed by atoms with E-state index in [2.05, 4.69) is 17.0 Å². The molecule has 1 fully saturated rings. The normalized spacial score (nSPS) is 17.4. The first kappa shape index (κ1) is 11.7. The van der Waals surface area contributed by atoms with Gasteiger partial charge in [0.25, 0.3) is 0 Å². The van der Waals surface area contributed by atoms with Gasteiger partial charge >= 0.3 is 0 Å². The lowest BCUT2D eigenvalue weighted by atomic mass is 10.1. The summed E-state index contributed by atoms with van der Waals surface area (Å²) in [5.74, 6) is 0.619. The largest absolute Gasteiger partial charge is 0.459 e. The Labute approximate surface area is 106 Å². The summed E-state index contributed by atoms with van der Waals surface area (Å²) in [4.78, 5) is 2.39. The SMILES string of the molecule is OCc1cc2cc(CN3CCOCC3)ccc2o1. The molecule has 96 valence electrons. The second-order valence-corrected chi connectivity index (χ2v) is 4.63. The fraction of sp³-hybridized carbons (Fsp3) is 0.429. The average molecular weight is 247 g/mol. The Morgan fingerprint density at radius 2 is 2.00 bits per heavy atom. The highest BCUT2D eigenvalue weighted by molar-refractivity contribution is 5.78. The number of rotatable bonds is 3. The minimum atomic E-state index is -0.0481. The molecule has 1 aliphatic rings. The van der Waals surface area contributed by atoms with Crippen molar-refractivity contribution in [1.82, 2.24) is 4.90 Å². The fourth-order valence-corrected chi connectivity index (χ4v) is 2.34. The summed E-state index contributed by atoms with van der Waals surface area (Å²) < 4.78 is 10.8. The zero-order valence-corrected chi connectivity index (χ0v) is 10.3. The molecule has 2 heterocycles. The Hall–Kier alpha value is -1.36. The molecule has 4 heteroatoms. The number of furan rings is 1. The van der Waals surface area contributed by atoms with E-state index in [1.807, 2.05) is 12.1 Å². The number of nitrogens with zero attached hydrogens (tertiary/aromatic N) is 1. The molecule has 3 rings (SSSR count). The van der Waals surface area contributed by atoms with Crippen LogP contribution in [0.3, 0.4) is 0 Å². The van der Waals surface area contributed by atoms with E-state index in [9.17, 15) is 0 Å². The molecular formula is C14H17NO3.